The van der Waals surface area contributed by atoms with E-state index in [0.717, 1.165) is 23.2 Å². The van der Waals surface area contributed by atoms with E-state index in [0.29, 0.717) is 16.8 Å². The molecular weight excluding hydrogens is 520 g/mol. The molecule has 0 aliphatic carbocycles. The third-order valence-electron chi connectivity index (χ3n) is 5.04. The quantitative estimate of drug-likeness (QED) is 0.270. The Labute approximate surface area is 207 Å². The molecule has 3 aromatic rings. The van der Waals surface area contributed by atoms with Gasteiger partial charge in [-0.15, -0.1) is 0 Å². The zero-order valence-corrected chi connectivity index (χ0v) is 21.1. The summed E-state index contributed by atoms with van der Waals surface area (Å²) >= 11 is 3.27. The summed E-state index contributed by atoms with van der Waals surface area (Å²) in [5.41, 5.74) is 4.38. The molecule has 0 radical (unpaired) electrons. The molecule has 34 heavy (non-hydrogen) atoms. The molecule has 0 aliphatic heterocycles. The van der Waals surface area contributed by atoms with Crippen LogP contribution >= 0.6 is 15.9 Å². The Hall–Kier alpha value is -3.37. The number of sulfonamides is 1. The average Bonchev–Trinajstić information content (AvgIpc) is 2.81. The van der Waals surface area contributed by atoms with Crippen molar-refractivity contribution in [3.8, 4) is 5.75 Å². The maximum atomic E-state index is 12.5. The number of amides is 1. The fraction of sp³-hybridized carbons (Fsp3) is 0.167. The number of hydrogen-bond donors (Lipinski definition) is 3. The maximum Gasteiger partial charge on any atom is 0.271 e. The van der Waals surface area contributed by atoms with E-state index in [1.165, 1.54) is 42.6 Å². The number of hydrogen-bond acceptors (Lipinski definition) is 6. The highest BCUT2D eigenvalue weighted by atomic mass is 79.9. The van der Waals surface area contributed by atoms with Crippen molar-refractivity contribution in [2.75, 3.05) is 22.7 Å². The summed E-state index contributed by atoms with van der Waals surface area (Å²) in [6.07, 6.45) is 1.36. The zero-order valence-electron chi connectivity index (χ0n) is 18.7. The summed E-state index contributed by atoms with van der Waals surface area (Å²) in [6, 6.07) is 17.5. The van der Waals surface area contributed by atoms with E-state index in [2.05, 4.69) is 36.1 Å². The molecule has 0 heterocycles. The molecule has 0 fully saturated rings. The zero-order chi connectivity index (χ0) is 24.7. The van der Waals surface area contributed by atoms with Crippen LogP contribution in [0.3, 0.4) is 0 Å². The minimum atomic E-state index is -3.75. The molecule has 0 saturated heterocycles. The van der Waals surface area contributed by atoms with Crippen molar-refractivity contribution in [1.82, 2.24) is 5.43 Å². The molecular formula is C24H25BrN4O4S. The topological polar surface area (TPSA) is 111 Å². The third-order valence-corrected chi connectivity index (χ3v) is 6.96. The van der Waals surface area contributed by atoms with Gasteiger partial charge in [-0.05, 0) is 74.5 Å². The molecule has 3 N–H and O–H groups in total. The number of aromatic hydroxyl groups is 1. The van der Waals surface area contributed by atoms with Gasteiger partial charge in [0.15, 0.2) is 0 Å². The molecule has 3 aromatic carbocycles. The molecule has 0 saturated carbocycles. The van der Waals surface area contributed by atoms with Crippen LogP contribution in [0, 0.1) is 0 Å². The minimum Gasteiger partial charge on any atom is -0.507 e. The number of halogens is 1. The van der Waals surface area contributed by atoms with Crippen LogP contribution in [0.2, 0.25) is 0 Å². The van der Waals surface area contributed by atoms with Gasteiger partial charge in [0.25, 0.3) is 15.9 Å². The van der Waals surface area contributed by atoms with Crippen LogP contribution in [0.25, 0.3) is 0 Å². The summed E-state index contributed by atoms with van der Waals surface area (Å²) in [4.78, 5) is 14.6. The first-order chi connectivity index (χ1) is 16.2. The van der Waals surface area contributed by atoms with Crippen molar-refractivity contribution >= 4 is 49.4 Å². The fourth-order valence-electron chi connectivity index (χ4n) is 3.17. The normalized spacial score (nSPS) is 11.4. The van der Waals surface area contributed by atoms with Gasteiger partial charge in [-0.3, -0.25) is 9.52 Å². The SMILES string of the molecule is CCN(CC)c1ccc(/C=N\NC(=O)c2ccc(NS(=O)(=O)c3ccc(Br)cc3)cc2)c(O)c1. The summed E-state index contributed by atoms with van der Waals surface area (Å²) < 4.78 is 28.2. The van der Waals surface area contributed by atoms with Gasteiger partial charge in [-0.2, -0.15) is 5.10 Å². The van der Waals surface area contributed by atoms with E-state index in [1.807, 2.05) is 19.9 Å². The van der Waals surface area contributed by atoms with Gasteiger partial charge in [0, 0.05) is 46.1 Å². The lowest BCUT2D eigenvalue weighted by Gasteiger charge is -2.21. The van der Waals surface area contributed by atoms with E-state index >= 15 is 0 Å². The highest BCUT2D eigenvalue weighted by Gasteiger charge is 2.14. The molecule has 0 bridgehead atoms. The van der Waals surface area contributed by atoms with E-state index in [4.69, 9.17) is 0 Å². The molecule has 0 aliphatic rings. The third kappa shape index (κ3) is 6.36. The predicted molar refractivity (Wildman–Crippen MR) is 138 cm³/mol. The standard InChI is InChI=1S/C24H25BrN4O4S/c1-3-29(4-2)21-12-7-18(23(30)15-21)16-26-27-24(31)17-5-10-20(11-6-17)28-34(32,33)22-13-8-19(25)9-14-22/h5-16,28,30H,3-4H2,1-2H3,(H,27,31)/b26-16-. The van der Waals surface area contributed by atoms with E-state index in [1.54, 1.807) is 24.3 Å². The second kappa shape index (κ2) is 11.2. The predicted octanol–water partition coefficient (Wildman–Crippen LogP) is 4.57. The number of hydrazone groups is 1. The first-order valence-electron chi connectivity index (χ1n) is 10.5. The van der Waals surface area contributed by atoms with Crippen molar-refractivity contribution in [2.24, 2.45) is 5.10 Å². The summed E-state index contributed by atoms with van der Waals surface area (Å²) in [6.45, 7) is 5.72. The Kier molecular flexibility index (Phi) is 8.30. The fourth-order valence-corrected chi connectivity index (χ4v) is 4.49. The van der Waals surface area contributed by atoms with Gasteiger partial charge in [-0.1, -0.05) is 15.9 Å². The first kappa shape index (κ1) is 25.3. The highest BCUT2D eigenvalue weighted by molar-refractivity contribution is 9.10. The number of nitrogens with zero attached hydrogens (tertiary/aromatic N) is 2. The largest absolute Gasteiger partial charge is 0.507 e. The Balaban J connectivity index is 1.62. The monoisotopic (exact) mass is 544 g/mol. The number of carbonyl (C=O) groups is 1. The number of nitrogens with one attached hydrogen (secondary N) is 2. The lowest BCUT2D eigenvalue weighted by Crippen LogP contribution is -2.21. The Bertz CT molecular complexity index is 1270. The Morgan fingerprint density at radius 2 is 1.68 bits per heavy atom. The van der Waals surface area contributed by atoms with Gasteiger partial charge >= 0.3 is 0 Å². The van der Waals surface area contributed by atoms with Crippen LogP contribution in [0.15, 0.2) is 81.2 Å². The smallest absolute Gasteiger partial charge is 0.271 e. The molecule has 178 valence electrons. The lowest BCUT2D eigenvalue weighted by atomic mass is 10.2. The lowest BCUT2D eigenvalue weighted by molar-refractivity contribution is 0.0955. The average molecular weight is 545 g/mol. The number of benzene rings is 3. The molecule has 1 amide bonds. The van der Waals surface area contributed by atoms with E-state index in [9.17, 15) is 18.3 Å². The van der Waals surface area contributed by atoms with Gasteiger partial charge < -0.3 is 10.0 Å². The maximum absolute atomic E-state index is 12.5. The van der Waals surface area contributed by atoms with E-state index in [-0.39, 0.29) is 10.6 Å². The van der Waals surface area contributed by atoms with Gasteiger partial charge in [0.05, 0.1) is 11.1 Å². The van der Waals surface area contributed by atoms with Crippen LogP contribution in [0.5, 0.6) is 5.75 Å². The Morgan fingerprint density at radius 1 is 1.03 bits per heavy atom. The van der Waals surface area contributed by atoms with Crippen LogP contribution in [0.1, 0.15) is 29.8 Å². The van der Waals surface area contributed by atoms with Crippen LogP contribution in [-0.2, 0) is 10.0 Å². The summed E-state index contributed by atoms with van der Waals surface area (Å²) in [5, 5.41) is 14.2. The van der Waals surface area contributed by atoms with Crippen molar-refractivity contribution in [2.45, 2.75) is 18.7 Å². The van der Waals surface area contributed by atoms with Crippen LogP contribution < -0.4 is 15.0 Å². The number of phenols is 1. The van der Waals surface area contributed by atoms with Crippen molar-refractivity contribution in [1.29, 1.82) is 0 Å². The first-order valence-corrected chi connectivity index (χ1v) is 12.8. The molecule has 0 unspecified atom stereocenters. The van der Waals surface area contributed by atoms with Gasteiger partial charge in [-0.25, -0.2) is 13.8 Å². The molecule has 0 spiro atoms. The summed E-state index contributed by atoms with van der Waals surface area (Å²) in [7, 11) is -3.75. The van der Waals surface area contributed by atoms with Crippen molar-refractivity contribution in [3.63, 3.8) is 0 Å². The minimum absolute atomic E-state index is 0.0600. The number of carbonyl (C=O) groups excluding carboxylic acids is 1. The molecule has 3 rings (SSSR count). The number of anilines is 2. The molecule has 0 atom stereocenters. The van der Waals surface area contributed by atoms with Crippen LogP contribution in [0.4, 0.5) is 11.4 Å². The number of rotatable bonds is 9. The van der Waals surface area contributed by atoms with Crippen LogP contribution in [-0.4, -0.2) is 38.7 Å². The number of phenolic OH excluding ortho intramolecular Hbond substituents is 1. The molecule has 0 aromatic heterocycles. The molecule has 8 nitrogen and oxygen atoms in total. The summed E-state index contributed by atoms with van der Waals surface area (Å²) in [5.74, 6) is -0.414. The molecule has 10 heteroatoms. The van der Waals surface area contributed by atoms with E-state index < -0.39 is 15.9 Å². The van der Waals surface area contributed by atoms with Crippen molar-refractivity contribution in [3.05, 3.63) is 82.3 Å². The van der Waals surface area contributed by atoms with Gasteiger partial charge in [0.2, 0.25) is 0 Å². The highest BCUT2D eigenvalue weighted by Crippen LogP contribution is 2.23. The Morgan fingerprint density at radius 3 is 2.26 bits per heavy atom. The van der Waals surface area contributed by atoms with Gasteiger partial charge in [0.1, 0.15) is 5.75 Å². The second-order valence-corrected chi connectivity index (χ2v) is 9.85. The van der Waals surface area contributed by atoms with Crippen molar-refractivity contribution < 1.29 is 18.3 Å². The second-order valence-electron chi connectivity index (χ2n) is 7.25.